The highest BCUT2D eigenvalue weighted by Crippen LogP contribution is 2.20. The Morgan fingerprint density at radius 2 is 2.41 bits per heavy atom. The highest BCUT2D eigenvalue weighted by Gasteiger charge is 2.19. The third-order valence-electron chi connectivity index (χ3n) is 3.73. The highest BCUT2D eigenvalue weighted by atomic mass is 32.1. The van der Waals surface area contributed by atoms with Crippen LogP contribution in [0.2, 0.25) is 0 Å². The summed E-state index contributed by atoms with van der Waals surface area (Å²) in [4.78, 5) is 13.0. The van der Waals surface area contributed by atoms with Crippen LogP contribution in [0.4, 0.5) is 4.79 Å². The Morgan fingerprint density at radius 3 is 3.23 bits per heavy atom. The van der Waals surface area contributed by atoms with Crippen molar-refractivity contribution in [3.8, 4) is 0 Å². The van der Waals surface area contributed by atoms with E-state index in [-0.39, 0.29) is 6.03 Å². The molecule has 2 aromatic heterocycles. The molecule has 0 aromatic carbocycles. The number of urea groups is 1. The molecule has 6 nitrogen and oxygen atoms in total. The fraction of sp³-hybridized carbons (Fsp3) is 0.400. The smallest absolute Gasteiger partial charge is 0.335 e. The van der Waals surface area contributed by atoms with Gasteiger partial charge in [0.05, 0.1) is 11.9 Å². The molecule has 0 atom stereocenters. The monoisotopic (exact) mass is 317 g/mol. The number of hydrazone groups is 1. The summed E-state index contributed by atoms with van der Waals surface area (Å²) in [5.74, 6) is 0. The number of rotatable bonds is 4. The molecule has 116 valence electrons. The van der Waals surface area contributed by atoms with Gasteiger partial charge in [0.1, 0.15) is 0 Å². The number of hydrogen-bond donors (Lipinski definition) is 2. The predicted molar refractivity (Wildman–Crippen MR) is 87.2 cm³/mol. The van der Waals surface area contributed by atoms with Crippen molar-refractivity contribution in [2.45, 2.75) is 25.7 Å². The van der Waals surface area contributed by atoms with Gasteiger partial charge >= 0.3 is 6.03 Å². The second-order valence-corrected chi connectivity index (χ2v) is 6.27. The molecule has 2 N–H and O–H groups in total. The number of nitrogens with one attached hydrogen (secondary N) is 2. The average molecular weight is 317 g/mol. The Kier molecular flexibility index (Phi) is 4.53. The Morgan fingerprint density at radius 1 is 1.50 bits per heavy atom. The molecule has 3 rings (SSSR count). The Bertz CT molecular complexity index is 674. The van der Waals surface area contributed by atoms with E-state index in [4.69, 9.17) is 0 Å². The molecule has 0 spiro atoms. The molecule has 0 unspecified atom stereocenters. The molecule has 0 radical (unpaired) electrons. The summed E-state index contributed by atoms with van der Waals surface area (Å²) in [5, 5.41) is 13.4. The molecule has 2 heterocycles. The van der Waals surface area contributed by atoms with Gasteiger partial charge in [-0.1, -0.05) is 6.07 Å². The normalized spacial score (nSPS) is 15.6. The van der Waals surface area contributed by atoms with Gasteiger partial charge in [-0.2, -0.15) is 10.2 Å². The summed E-state index contributed by atoms with van der Waals surface area (Å²) in [5.41, 5.74) is 5.73. The Balaban J connectivity index is 1.52. The van der Waals surface area contributed by atoms with Gasteiger partial charge in [-0.05, 0) is 37.1 Å². The van der Waals surface area contributed by atoms with Gasteiger partial charge < -0.3 is 5.32 Å². The van der Waals surface area contributed by atoms with E-state index in [1.54, 1.807) is 11.3 Å². The van der Waals surface area contributed by atoms with E-state index in [1.807, 2.05) is 29.4 Å². The van der Waals surface area contributed by atoms with Gasteiger partial charge in [-0.25, -0.2) is 10.2 Å². The van der Waals surface area contributed by atoms with E-state index >= 15 is 0 Å². The van der Waals surface area contributed by atoms with Crippen LogP contribution < -0.4 is 10.7 Å². The first-order chi connectivity index (χ1) is 10.7. The molecular weight excluding hydrogens is 298 g/mol. The number of amides is 2. The zero-order chi connectivity index (χ0) is 15.4. The molecule has 2 amide bonds. The van der Waals surface area contributed by atoms with Gasteiger partial charge in [0.25, 0.3) is 0 Å². The molecule has 2 aromatic rings. The summed E-state index contributed by atoms with van der Waals surface area (Å²) in [7, 11) is 1.94. The van der Waals surface area contributed by atoms with Crippen LogP contribution in [0.1, 0.15) is 29.0 Å². The van der Waals surface area contributed by atoms with Crippen LogP contribution in [0.25, 0.3) is 0 Å². The molecule has 0 bridgehead atoms. The molecule has 1 aliphatic rings. The van der Waals surface area contributed by atoms with Gasteiger partial charge in [0.2, 0.25) is 0 Å². The van der Waals surface area contributed by atoms with Crippen LogP contribution in [0.15, 0.2) is 28.8 Å². The maximum Gasteiger partial charge on any atom is 0.335 e. The molecule has 0 saturated carbocycles. The molecular formula is C15H19N5OS. The minimum atomic E-state index is -0.264. The number of aryl methyl sites for hydroxylation is 1. The fourth-order valence-electron chi connectivity index (χ4n) is 2.59. The van der Waals surface area contributed by atoms with Crippen molar-refractivity contribution in [2.24, 2.45) is 12.1 Å². The van der Waals surface area contributed by atoms with Gasteiger partial charge in [-0.15, -0.1) is 11.3 Å². The van der Waals surface area contributed by atoms with Crippen molar-refractivity contribution in [1.29, 1.82) is 0 Å². The first-order valence-corrected chi connectivity index (χ1v) is 8.26. The third-order valence-corrected chi connectivity index (χ3v) is 4.67. The Hall–Kier alpha value is -2.15. The Labute approximate surface area is 133 Å². The third kappa shape index (κ3) is 3.36. The number of thiophene rings is 1. The van der Waals surface area contributed by atoms with Crippen LogP contribution in [-0.2, 0) is 19.9 Å². The summed E-state index contributed by atoms with van der Waals surface area (Å²) in [6.07, 6.45) is 5.58. The van der Waals surface area contributed by atoms with Gasteiger partial charge in [0, 0.05) is 29.7 Å². The topological polar surface area (TPSA) is 71.3 Å². The van der Waals surface area contributed by atoms with Crippen LogP contribution in [-0.4, -0.2) is 28.1 Å². The molecule has 1 aliphatic carbocycles. The number of nitrogens with zero attached hydrogens (tertiary/aromatic N) is 3. The number of hydrogen-bond acceptors (Lipinski definition) is 4. The maximum absolute atomic E-state index is 11.8. The van der Waals surface area contributed by atoms with Crippen LogP contribution in [0.3, 0.4) is 0 Å². The summed E-state index contributed by atoms with van der Waals surface area (Å²) in [6, 6.07) is 3.82. The lowest BCUT2D eigenvalue weighted by Gasteiger charge is -2.14. The number of carbonyl (C=O) groups excluding carboxylic acids is 1. The minimum absolute atomic E-state index is 0.264. The SMILES string of the molecule is Cn1ncc2c1CCCC2=NNC(=O)NCCc1cccs1. The highest BCUT2D eigenvalue weighted by molar-refractivity contribution is 7.09. The zero-order valence-corrected chi connectivity index (χ0v) is 13.3. The van der Waals surface area contributed by atoms with Gasteiger partial charge in [-0.3, -0.25) is 4.68 Å². The van der Waals surface area contributed by atoms with Crippen LogP contribution in [0.5, 0.6) is 0 Å². The molecule has 7 heteroatoms. The van der Waals surface area contributed by atoms with E-state index in [0.717, 1.165) is 37.0 Å². The van der Waals surface area contributed by atoms with Crippen molar-refractivity contribution in [3.05, 3.63) is 39.8 Å². The minimum Gasteiger partial charge on any atom is -0.336 e. The molecule has 0 saturated heterocycles. The van der Waals surface area contributed by atoms with Crippen molar-refractivity contribution in [2.75, 3.05) is 6.54 Å². The number of aromatic nitrogens is 2. The lowest BCUT2D eigenvalue weighted by atomic mass is 9.96. The van der Waals surface area contributed by atoms with E-state index in [9.17, 15) is 4.79 Å². The second-order valence-electron chi connectivity index (χ2n) is 5.24. The number of fused-ring (bicyclic) bond motifs is 1. The lowest BCUT2D eigenvalue weighted by molar-refractivity contribution is 0.241. The van der Waals surface area contributed by atoms with Crippen LogP contribution in [0, 0.1) is 0 Å². The number of carbonyl (C=O) groups is 1. The summed E-state index contributed by atoms with van der Waals surface area (Å²) >= 11 is 1.70. The molecule has 22 heavy (non-hydrogen) atoms. The van der Waals surface area contributed by atoms with Crippen molar-refractivity contribution in [3.63, 3.8) is 0 Å². The first-order valence-electron chi connectivity index (χ1n) is 7.38. The summed E-state index contributed by atoms with van der Waals surface area (Å²) < 4.78 is 1.88. The standard InChI is InChI=1S/C15H19N5OS/c1-20-14-6-2-5-13(12(14)10-17-20)18-19-15(21)16-8-7-11-4-3-9-22-11/h3-4,9-10H,2,5-8H2,1H3,(H2,16,19,21). The van der Waals surface area contributed by atoms with Crippen molar-refractivity contribution < 1.29 is 4.79 Å². The lowest BCUT2D eigenvalue weighted by Crippen LogP contribution is -2.34. The largest absolute Gasteiger partial charge is 0.336 e. The van der Waals surface area contributed by atoms with Crippen LogP contribution >= 0.6 is 11.3 Å². The second kappa shape index (κ2) is 6.74. The van der Waals surface area contributed by atoms with E-state index in [2.05, 4.69) is 27.0 Å². The zero-order valence-electron chi connectivity index (χ0n) is 12.5. The average Bonchev–Trinajstić information content (AvgIpc) is 3.16. The predicted octanol–water partition coefficient (Wildman–Crippen LogP) is 2.06. The quantitative estimate of drug-likeness (QED) is 0.847. The van der Waals surface area contributed by atoms with E-state index in [0.29, 0.717) is 6.54 Å². The first kappa shape index (κ1) is 14.8. The van der Waals surface area contributed by atoms with Gasteiger partial charge in [0.15, 0.2) is 0 Å². The maximum atomic E-state index is 11.8. The molecule has 0 fully saturated rings. The molecule has 0 aliphatic heterocycles. The summed E-state index contributed by atoms with van der Waals surface area (Å²) in [6.45, 7) is 0.606. The van der Waals surface area contributed by atoms with Crippen molar-refractivity contribution >= 4 is 23.1 Å². The van der Waals surface area contributed by atoms with E-state index in [1.165, 1.54) is 10.6 Å². The van der Waals surface area contributed by atoms with Crippen molar-refractivity contribution in [1.82, 2.24) is 20.5 Å². The fourth-order valence-corrected chi connectivity index (χ4v) is 3.30. The van der Waals surface area contributed by atoms with E-state index < -0.39 is 0 Å².